The molecule has 0 spiro atoms. The number of aliphatic imine (C=N–C) groups is 1. The van der Waals surface area contributed by atoms with Crippen LogP contribution in [0.5, 0.6) is 0 Å². The highest BCUT2D eigenvalue weighted by Crippen LogP contribution is 2.14. The molecule has 2 rings (SSSR count). The molecule has 0 aromatic heterocycles. The smallest absolute Gasteiger partial charge is 0.190 e. The van der Waals surface area contributed by atoms with Gasteiger partial charge in [0, 0.05) is 31.7 Å². The number of nitrogens with zero attached hydrogens (tertiary/aromatic N) is 2. The first-order valence-corrected chi connectivity index (χ1v) is 8.50. The van der Waals surface area contributed by atoms with Crippen LogP contribution in [-0.4, -0.2) is 50.6 Å². The van der Waals surface area contributed by atoms with Gasteiger partial charge < -0.3 is 15.5 Å². The van der Waals surface area contributed by atoms with Crippen LogP contribution in [0.3, 0.4) is 0 Å². The van der Waals surface area contributed by atoms with Crippen molar-refractivity contribution in [3.05, 3.63) is 34.9 Å². The molecule has 1 fully saturated rings. The molecular formula is C17H27ClN4. The molecule has 122 valence electrons. The molecule has 1 aromatic carbocycles. The molecule has 1 aliphatic rings. The van der Waals surface area contributed by atoms with Gasteiger partial charge in [-0.05, 0) is 49.5 Å². The summed E-state index contributed by atoms with van der Waals surface area (Å²) in [6, 6.07) is 8.00. The molecule has 1 atom stereocenters. The van der Waals surface area contributed by atoms with Crippen molar-refractivity contribution in [2.75, 3.05) is 39.8 Å². The summed E-state index contributed by atoms with van der Waals surface area (Å²) in [5.74, 6) is 1.62. The van der Waals surface area contributed by atoms with Gasteiger partial charge in [0.15, 0.2) is 5.96 Å². The maximum atomic E-state index is 5.89. The van der Waals surface area contributed by atoms with Gasteiger partial charge in [-0.3, -0.25) is 4.99 Å². The number of guanidine groups is 1. The van der Waals surface area contributed by atoms with Gasteiger partial charge in [-0.15, -0.1) is 0 Å². The Hall–Kier alpha value is -1.26. The van der Waals surface area contributed by atoms with Gasteiger partial charge in [0.05, 0.1) is 0 Å². The fourth-order valence-electron chi connectivity index (χ4n) is 2.80. The number of benzene rings is 1. The van der Waals surface area contributed by atoms with E-state index in [2.05, 4.69) is 39.6 Å². The Morgan fingerprint density at radius 2 is 2.09 bits per heavy atom. The van der Waals surface area contributed by atoms with Gasteiger partial charge in [0.1, 0.15) is 0 Å². The Morgan fingerprint density at radius 1 is 1.32 bits per heavy atom. The van der Waals surface area contributed by atoms with Crippen LogP contribution in [0.1, 0.15) is 18.9 Å². The summed E-state index contributed by atoms with van der Waals surface area (Å²) in [5, 5.41) is 7.60. The molecule has 0 aliphatic carbocycles. The molecule has 0 bridgehead atoms. The van der Waals surface area contributed by atoms with Crippen molar-refractivity contribution in [3.8, 4) is 0 Å². The second kappa shape index (κ2) is 9.01. The summed E-state index contributed by atoms with van der Waals surface area (Å²) < 4.78 is 0. The van der Waals surface area contributed by atoms with Crippen LogP contribution in [0.4, 0.5) is 0 Å². The summed E-state index contributed by atoms with van der Waals surface area (Å²) in [4.78, 5) is 6.80. The Kier molecular flexibility index (Phi) is 7.00. The van der Waals surface area contributed by atoms with E-state index in [0.717, 1.165) is 43.0 Å². The van der Waals surface area contributed by atoms with Gasteiger partial charge in [0.2, 0.25) is 0 Å². The van der Waals surface area contributed by atoms with Crippen LogP contribution in [-0.2, 0) is 6.42 Å². The Bertz CT molecular complexity index is 472. The average molecular weight is 323 g/mol. The van der Waals surface area contributed by atoms with E-state index in [0.29, 0.717) is 0 Å². The van der Waals surface area contributed by atoms with E-state index in [1.165, 1.54) is 25.1 Å². The standard InChI is InChI=1S/C17H27ClN4/c1-3-22-11-9-15(13-22)12-21-17(19-2)20-10-8-14-4-6-16(18)7-5-14/h4-7,15H,3,8-13H2,1-2H3,(H2,19,20,21). The lowest BCUT2D eigenvalue weighted by molar-refractivity contribution is 0.342. The van der Waals surface area contributed by atoms with E-state index in [1.54, 1.807) is 0 Å². The number of rotatable bonds is 6. The lowest BCUT2D eigenvalue weighted by atomic mass is 10.1. The second-order valence-corrected chi connectivity index (χ2v) is 6.24. The summed E-state index contributed by atoms with van der Waals surface area (Å²) in [6.45, 7) is 7.68. The molecule has 22 heavy (non-hydrogen) atoms. The minimum absolute atomic E-state index is 0.731. The molecule has 1 unspecified atom stereocenters. The van der Waals surface area contributed by atoms with Crippen molar-refractivity contribution in [2.45, 2.75) is 19.8 Å². The predicted molar refractivity (Wildman–Crippen MR) is 94.7 cm³/mol. The fraction of sp³-hybridized carbons (Fsp3) is 0.588. The third-order valence-electron chi connectivity index (χ3n) is 4.22. The van der Waals surface area contributed by atoms with Gasteiger partial charge >= 0.3 is 0 Å². The van der Waals surface area contributed by atoms with Crippen molar-refractivity contribution < 1.29 is 0 Å². The molecule has 1 aliphatic heterocycles. The van der Waals surface area contributed by atoms with Crippen molar-refractivity contribution in [2.24, 2.45) is 10.9 Å². The van der Waals surface area contributed by atoms with Crippen LogP contribution in [0.25, 0.3) is 0 Å². The summed E-state index contributed by atoms with van der Waals surface area (Å²) in [7, 11) is 1.82. The van der Waals surface area contributed by atoms with E-state index >= 15 is 0 Å². The lowest BCUT2D eigenvalue weighted by Gasteiger charge is -2.16. The van der Waals surface area contributed by atoms with E-state index < -0.39 is 0 Å². The maximum absolute atomic E-state index is 5.89. The normalized spacial score (nSPS) is 19.4. The highest BCUT2D eigenvalue weighted by molar-refractivity contribution is 6.30. The zero-order valence-corrected chi connectivity index (χ0v) is 14.4. The maximum Gasteiger partial charge on any atom is 0.190 e. The highest BCUT2D eigenvalue weighted by Gasteiger charge is 2.20. The number of hydrogen-bond donors (Lipinski definition) is 2. The summed E-state index contributed by atoms with van der Waals surface area (Å²) >= 11 is 5.89. The van der Waals surface area contributed by atoms with Crippen LogP contribution in [0.15, 0.2) is 29.3 Å². The largest absolute Gasteiger partial charge is 0.356 e. The van der Waals surface area contributed by atoms with Crippen LogP contribution < -0.4 is 10.6 Å². The Balaban J connectivity index is 1.66. The Morgan fingerprint density at radius 3 is 2.73 bits per heavy atom. The average Bonchev–Trinajstić information content (AvgIpc) is 3.00. The zero-order valence-electron chi connectivity index (χ0n) is 13.6. The van der Waals surface area contributed by atoms with Gasteiger partial charge in [-0.2, -0.15) is 0 Å². The number of hydrogen-bond acceptors (Lipinski definition) is 2. The number of likely N-dealkylation sites (tertiary alicyclic amines) is 1. The van der Waals surface area contributed by atoms with Crippen LogP contribution in [0.2, 0.25) is 5.02 Å². The molecular weight excluding hydrogens is 296 g/mol. The highest BCUT2D eigenvalue weighted by atomic mass is 35.5. The minimum Gasteiger partial charge on any atom is -0.356 e. The third kappa shape index (κ3) is 5.50. The first-order chi connectivity index (χ1) is 10.7. The molecule has 1 saturated heterocycles. The molecule has 0 radical (unpaired) electrons. The van der Waals surface area contributed by atoms with Crippen LogP contribution >= 0.6 is 11.6 Å². The van der Waals surface area contributed by atoms with Gasteiger partial charge in [-0.1, -0.05) is 30.7 Å². The monoisotopic (exact) mass is 322 g/mol. The van der Waals surface area contributed by atoms with Gasteiger partial charge in [0.25, 0.3) is 0 Å². The Labute approximate surface area is 138 Å². The first kappa shape index (κ1) is 17.1. The molecule has 0 saturated carbocycles. The summed E-state index contributed by atoms with van der Waals surface area (Å²) in [5.41, 5.74) is 1.28. The number of halogens is 1. The van der Waals surface area contributed by atoms with Crippen molar-refractivity contribution >= 4 is 17.6 Å². The topological polar surface area (TPSA) is 39.7 Å². The predicted octanol–water partition coefficient (Wildman–Crippen LogP) is 2.39. The molecule has 4 nitrogen and oxygen atoms in total. The van der Waals surface area contributed by atoms with E-state index in [4.69, 9.17) is 11.6 Å². The van der Waals surface area contributed by atoms with Crippen LogP contribution in [0, 0.1) is 5.92 Å². The third-order valence-corrected chi connectivity index (χ3v) is 4.47. The SMILES string of the molecule is CCN1CCC(CNC(=NC)NCCc2ccc(Cl)cc2)C1. The molecule has 5 heteroatoms. The molecule has 2 N–H and O–H groups in total. The fourth-order valence-corrected chi connectivity index (χ4v) is 2.93. The minimum atomic E-state index is 0.731. The second-order valence-electron chi connectivity index (χ2n) is 5.80. The molecule has 1 heterocycles. The first-order valence-electron chi connectivity index (χ1n) is 8.12. The zero-order chi connectivity index (χ0) is 15.8. The summed E-state index contributed by atoms with van der Waals surface area (Å²) in [6.07, 6.45) is 2.24. The van der Waals surface area contributed by atoms with E-state index in [9.17, 15) is 0 Å². The van der Waals surface area contributed by atoms with Crippen molar-refractivity contribution in [3.63, 3.8) is 0 Å². The van der Waals surface area contributed by atoms with E-state index in [-0.39, 0.29) is 0 Å². The van der Waals surface area contributed by atoms with Crippen molar-refractivity contribution in [1.82, 2.24) is 15.5 Å². The van der Waals surface area contributed by atoms with Gasteiger partial charge in [-0.25, -0.2) is 0 Å². The van der Waals surface area contributed by atoms with E-state index in [1.807, 2.05) is 19.2 Å². The quantitative estimate of drug-likeness (QED) is 0.624. The molecule has 0 amide bonds. The number of nitrogens with one attached hydrogen (secondary N) is 2. The molecule has 1 aromatic rings. The van der Waals surface area contributed by atoms with Crippen molar-refractivity contribution in [1.29, 1.82) is 0 Å². The lowest BCUT2D eigenvalue weighted by Crippen LogP contribution is -2.41.